The molecule has 1 N–H and O–H groups in total. The van der Waals surface area contributed by atoms with E-state index in [0.717, 1.165) is 5.56 Å². The first-order chi connectivity index (χ1) is 8.58. The molecule has 1 amide bonds. The van der Waals surface area contributed by atoms with Gasteiger partial charge in [-0.3, -0.25) is 4.79 Å². The third kappa shape index (κ3) is 2.86. The molecule has 3 nitrogen and oxygen atoms in total. The van der Waals surface area contributed by atoms with E-state index in [0.29, 0.717) is 22.3 Å². The zero-order chi connectivity index (χ0) is 13.1. The summed E-state index contributed by atoms with van der Waals surface area (Å²) in [4.78, 5) is 11.9. The van der Waals surface area contributed by atoms with E-state index in [2.05, 4.69) is 5.32 Å². The van der Waals surface area contributed by atoms with Gasteiger partial charge in [0, 0.05) is 29.8 Å². The highest BCUT2D eigenvalue weighted by Gasteiger charge is 2.09. The molecule has 0 unspecified atom stereocenters. The predicted molar refractivity (Wildman–Crippen MR) is 73.0 cm³/mol. The van der Waals surface area contributed by atoms with Crippen LogP contribution in [0.4, 0.5) is 0 Å². The molecule has 2 aromatic rings. The van der Waals surface area contributed by atoms with Crippen molar-refractivity contribution in [2.24, 2.45) is 7.05 Å². The number of benzene rings is 1. The molecule has 1 aromatic carbocycles. The number of aryl methyl sites for hydroxylation is 1. The highest BCUT2D eigenvalue weighted by molar-refractivity contribution is 6.35. The molecule has 0 radical (unpaired) electrons. The van der Waals surface area contributed by atoms with Crippen molar-refractivity contribution in [3.63, 3.8) is 0 Å². The number of amides is 1. The smallest absolute Gasteiger partial charge is 0.268 e. The zero-order valence-corrected chi connectivity index (χ0v) is 11.3. The third-order valence-electron chi connectivity index (χ3n) is 2.63. The first kappa shape index (κ1) is 13.0. The molecule has 1 aromatic heterocycles. The summed E-state index contributed by atoms with van der Waals surface area (Å²) in [6.45, 7) is 0.375. The molecule has 1 heterocycles. The summed E-state index contributed by atoms with van der Waals surface area (Å²) in [6, 6.07) is 8.80. The summed E-state index contributed by atoms with van der Waals surface area (Å²) >= 11 is 11.8. The van der Waals surface area contributed by atoms with E-state index < -0.39 is 0 Å². The van der Waals surface area contributed by atoms with Gasteiger partial charge in [-0.2, -0.15) is 0 Å². The van der Waals surface area contributed by atoms with Gasteiger partial charge in [0.05, 0.1) is 0 Å². The maximum Gasteiger partial charge on any atom is 0.268 e. The number of carbonyl (C=O) groups is 1. The minimum atomic E-state index is -0.131. The van der Waals surface area contributed by atoms with Crippen LogP contribution in [0.1, 0.15) is 16.1 Å². The molecule has 0 fully saturated rings. The molecule has 0 saturated carbocycles. The molecule has 0 atom stereocenters. The van der Waals surface area contributed by atoms with E-state index in [1.807, 2.05) is 19.3 Å². The van der Waals surface area contributed by atoms with Crippen molar-refractivity contribution >= 4 is 29.1 Å². The minimum Gasteiger partial charge on any atom is -0.347 e. The van der Waals surface area contributed by atoms with E-state index >= 15 is 0 Å². The van der Waals surface area contributed by atoms with Gasteiger partial charge in [0.15, 0.2) is 0 Å². The Hall–Kier alpha value is -1.45. The summed E-state index contributed by atoms with van der Waals surface area (Å²) in [5, 5.41) is 3.95. The van der Waals surface area contributed by atoms with Crippen molar-refractivity contribution in [1.29, 1.82) is 0 Å². The summed E-state index contributed by atoms with van der Waals surface area (Å²) in [5.41, 5.74) is 1.45. The van der Waals surface area contributed by atoms with Gasteiger partial charge in [-0.25, -0.2) is 0 Å². The van der Waals surface area contributed by atoms with Crippen LogP contribution in [-0.2, 0) is 13.6 Å². The number of hydrogen-bond acceptors (Lipinski definition) is 1. The number of rotatable bonds is 3. The van der Waals surface area contributed by atoms with Crippen molar-refractivity contribution in [3.8, 4) is 0 Å². The highest BCUT2D eigenvalue weighted by Crippen LogP contribution is 2.20. The van der Waals surface area contributed by atoms with Crippen LogP contribution in [0.5, 0.6) is 0 Å². The number of halogens is 2. The maximum absolute atomic E-state index is 11.9. The average molecular weight is 283 g/mol. The Morgan fingerprint density at radius 2 is 2.11 bits per heavy atom. The van der Waals surface area contributed by atoms with Crippen molar-refractivity contribution in [1.82, 2.24) is 9.88 Å². The van der Waals surface area contributed by atoms with Gasteiger partial charge in [-0.1, -0.05) is 29.3 Å². The molecule has 0 bridgehead atoms. The van der Waals surface area contributed by atoms with E-state index in [9.17, 15) is 4.79 Å². The van der Waals surface area contributed by atoms with Crippen LogP contribution in [0.15, 0.2) is 36.5 Å². The fourth-order valence-electron chi connectivity index (χ4n) is 1.63. The van der Waals surface area contributed by atoms with Crippen molar-refractivity contribution in [2.45, 2.75) is 6.54 Å². The monoisotopic (exact) mass is 282 g/mol. The third-order valence-corrected chi connectivity index (χ3v) is 3.22. The Morgan fingerprint density at radius 1 is 1.33 bits per heavy atom. The Morgan fingerprint density at radius 3 is 2.72 bits per heavy atom. The van der Waals surface area contributed by atoms with Crippen LogP contribution >= 0.6 is 23.2 Å². The number of nitrogens with zero attached hydrogens (tertiary/aromatic N) is 1. The van der Waals surface area contributed by atoms with Gasteiger partial charge >= 0.3 is 0 Å². The second-order valence-electron chi connectivity index (χ2n) is 3.92. The molecule has 0 aliphatic carbocycles. The van der Waals surface area contributed by atoms with Crippen LogP contribution < -0.4 is 5.32 Å². The number of aromatic nitrogens is 1. The van der Waals surface area contributed by atoms with Crippen molar-refractivity contribution < 1.29 is 4.79 Å². The van der Waals surface area contributed by atoms with Crippen LogP contribution in [-0.4, -0.2) is 10.5 Å². The lowest BCUT2D eigenvalue weighted by molar-refractivity contribution is 0.0943. The van der Waals surface area contributed by atoms with Gasteiger partial charge in [-0.15, -0.1) is 0 Å². The lowest BCUT2D eigenvalue weighted by Gasteiger charge is -2.08. The first-order valence-electron chi connectivity index (χ1n) is 5.41. The molecular weight excluding hydrogens is 271 g/mol. The Kier molecular flexibility index (Phi) is 3.94. The summed E-state index contributed by atoms with van der Waals surface area (Å²) in [6.07, 6.45) is 1.82. The molecule has 18 heavy (non-hydrogen) atoms. The molecule has 0 aliphatic rings. The van der Waals surface area contributed by atoms with E-state index in [1.54, 1.807) is 28.8 Å². The second-order valence-corrected chi connectivity index (χ2v) is 4.77. The molecule has 0 saturated heterocycles. The van der Waals surface area contributed by atoms with E-state index in [1.165, 1.54) is 0 Å². The van der Waals surface area contributed by atoms with Crippen LogP contribution in [0.25, 0.3) is 0 Å². The molecule has 5 heteroatoms. The van der Waals surface area contributed by atoms with Gasteiger partial charge in [0.1, 0.15) is 5.69 Å². The van der Waals surface area contributed by atoms with E-state index in [-0.39, 0.29) is 5.91 Å². The summed E-state index contributed by atoms with van der Waals surface area (Å²) in [5.74, 6) is -0.131. The Balaban J connectivity index is 2.04. The quantitative estimate of drug-likeness (QED) is 0.921. The second kappa shape index (κ2) is 5.46. The van der Waals surface area contributed by atoms with Crippen molar-refractivity contribution in [3.05, 3.63) is 57.8 Å². The fourth-order valence-corrected chi connectivity index (χ4v) is 2.10. The average Bonchev–Trinajstić information content (AvgIpc) is 2.74. The van der Waals surface area contributed by atoms with Crippen molar-refractivity contribution in [2.75, 3.05) is 0 Å². The topological polar surface area (TPSA) is 34.0 Å². The van der Waals surface area contributed by atoms with Gasteiger partial charge in [0.25, 0.3) is 5.91 Å². The summed E-state index contributed by atoms with van der Waals surface area (Å²) in [7, 11) is 1.82. The summed E-state index contributed by atoms with van der Waals surface area (Å²) < 4.78 is 1.76. The zero-order valence-electron chi connectivity index (χ0n) is 9.78. The molecule has 0 spiro atoms. The van der Waals surface area contributed by atoms with Gasteiger partial charge in [-0.05, 0) is 29.8 Å². The first-order valence-corrected chi connectivity index (χ1v) is 6.17. The molecular formula is C13H12Cl2N2O. The fraction of sp³-hybridized carbons (Fsp3) is 0.154. The van der Waals surface area contributed by atoms with Crippen LogP contribution in [0.3, 0.4) is 0 Å². The molecule has 94 valence electrons. The maximum atomic E-state index is 11.9. The van der Waals surface area contributed by atoms with E-state index in [4.69, 9.17) is 23.2 Å². The molecule has 0 aliphatic heterocycles. The number of carbonyl (C=O) groups excluding carboxylic acids is 1. The SMILES string of the molecule is Cn1cccc1C(=O)NCc1ccc(Cl)cc1Cl. The van der Waals surface area contributed by atoms with Gasteiger partial charge < -0.3 is 9.88 Å². The largest absolute Gasteiger partial charge is 0.347 e. The Bertz CT molecular complexity index is 578. The van der Waals surface area contributed by atoms with Gasteiger partial charge in [0.2, 0.25) is 0 Å². The molecule has 2 rings (SSSR count). The lowest BCUT2D eigenvalue weighted by Crippen LogP contribution is -2.24. The van der Waals surface area contributed by atoms with Crippen LogP contribution in [0, 0.1) is 0 Å². The predicted octanol–water partition coefficient (Wildman–Crippen LogP) is 3.26. The Labute approximate surface area is 115 Å². The highest BCUT2D eigenvalue weighted by atomic mass is 35.5. The normalized spacial score (nSPS) is 10.4. The number of hydrogen-bond donors (Lipinski definition) is 1. The standard InChI is InChI=1S/C13H12Cl2N2O/c1-17-6-2-3-12(17)13(18)16-8-9-4-5-10(14)7-11(9)15/h2-7H,8H2,1H3,(H,16,18). The van der Waals surface area contributed by atoms with Crippen LogP contribution in [0.2, 0.25) is 10.0 Å². The number of nitrogens with one attached hydrogen (secondary N) is 1. The lowest BCUT2D eigenvalue weighted by atomic mass is 10.2. The minimum absolute atomic E-state index is 0.131.